The summed E-state index contributed by atoms with van der Waals surface area (Å²) in [7, 11) is 1.56. The van der Waals surface area contributed by atoms with E-state index in [4.69, 9.17) is 9.57 Å². The van der Waals surface area contributed by atoms with Crippen molar-refractivity contribution in [3.8, 4) is 10.9 Å². The van der Waals surface area contributed by atoms with Crippen molar-refractivity contribution in [2.24, 2.45) is 10.2 Å². The number of aromatic carboxylic acids is 1. The van der Waals surface area contributed by atoms with Gasteiger partial charge in [-0.3, -0.25) is 9.89 Å². The molecular formula is C23H19N7O6S. The van der Waals surface area contributed by atoms with Crippen molar-refractivity contribution >= 4 is 40.1 Å². The average Bonchev–Trinajstić information content (AvgIpc) is 3.60. The molecule has 0 radical (unpaired) electrons. The Bertz CT molecular complexity index is 1600. The number of hydrogen-bond acceptors (Lipinski definition) is 10. The number of H-pyrrole nitrogens is 1. The third-order valence-electron chi connectivity index (χ3n) is 5.41. The van der Waals surface area contributed by atoms with E-state index in [9.17, 15) is 19.8 Å². The van der Waals surface area contributed by atoms with Crippen molar-refractivity contribution in [1.29, 1.82) is 0 Å². The predicted octanol–water partition coefficient (Wildman–Crippen LogP) is 1.97. The maximum absolute atomic E-state index is 13.1. The number of thiazole rings is 1. The van der Waals surface area contributed by atoms with Gasteiger partial charge >= 0.3 is 11.5 Å². The van der Waals surface area contributed by atoms with E-state index >= 15 is 0 Å². The van der Waals surface area contributed by atoms with Crippen LogP contribution in [0.2, 0.25) is 0 Å². The van der Waals surface area contributed by atoms with Gasteiger partial charge in [-0.25, -0.2) is 9.78 Å². The molecule has 0 bridgehead atoms. The molecule has 1 aliphatic rings. The number of hydrogen-bond donors (Lipinski definition) is 3. The number of aryl methyl sites for hydroxylation is 1. The fraction of sp³-hybridized carbons (Fsp3) is 0.0870. The van der Waals surface area contributed by atoms with Gasteiger partial charge in [-0.1, -0.05) is 12.1 Å². The Morgan fingerprint density at radius 3 is 2.70 bits per heavy atom. The maximum Gasteiger partial charge on any atom is 0.337 e. The van der Waals surface area contributed by atoms with E-state index in [1.54, 1.807) is 60.8 Å². The smallest absolute Gasteiger partial charge is 0.337 e. The molecule has 5 rings (SSSR count). The molecule has 3 heterocycles. The number of rotatable bonds is 7. The summed E-state index contributed by atoms with van der Waals surface area (Å²) in [5.74, 6) is -1.08. The van der Waals surface area contributed by atoms with Gasteiger partial charge in [0.1, 0.15) is 23.1 Å². The Morgan fingerprint density at radius 1 is 1.22 bits per heavy atom. The van der Waals surface area contributed by atoms with Crippen molar-refractivity contribution < 1.29 is 30.2 Å². The number of ether oxygens (including phenoxy) is 1. The zero-order valence-electron chi connectivity index (χ0n) is 19.4. The van der Waals surface area contributed by atoms with E-state index < -0.39 is 17.5 Å². The summed E-state index contributed by atoms with van der Waals surface area (Å²) < 4.78 is 6.36. The first-order valence-corrected chi connectivity index (χ1v) is 11.6. The van der Waals surface area contributed by atoms with Crippen molar-refractivity contribution in [2.75, 3.05) is 12.1 Å². The topological polar surface area (TPSA) is 174 Å². The summed E-state index contributed by atoms with van der Waals surface area (Å²) in [6.07, 6.45) is 0. The van der Waals surface area contributed by atoms with E-state index in [1.165, 1.54) is 22.4 Å². The first kappa shape index (κ1) is 23.8. The van der Waals surface area contributed by atoms with E-state index in [-0.39, 0.29) is 27.8 Å². The molecular weight excluding hydrogens is 502 g/mol. The standard InChI is InChI=1S/C23H19N7O6S/c1-12-18(26-25-16-6-4-3-5-15(16)21(32)33)20(31)30(27-12)23-24-17(11-37-23)19-22(34)36-28-29(19)13-7-9-14(35-2)10-8-13/h3-11,27-28,34H,1-2H3,(H,32,33). The van der Waals surface area contributed by atoms with Crippen LogP contribution in [0, 0.1) is 6.92 Å². The summed E-state index contributed by atoms with van der Waals surface area (Å²) in [4.78, 5) is 34.1. The molecule has 0 unspecified atom stereocenters. The van der Waals surface area contributed by atoms with Crippen LogP contribution in [-0.4, -0.2) is 33.0 Å². The molecule has 2 aromatic carbocycles. The van der Waals surface area contributed by atoms with Gasteiger partial charge in [0.05, 0.1) is 24.1 Å². The number of azo groups is 1. The third kappa shape index (κ3) is 4.41. The number of carboxylic acid groups (broad SMARTS) is 1. The molecule has 0 aliphatic carbocycles. The zero-order chi connectivity index (χ0) is 26.1. The number of carbonyl (C=O) groups is 1. The first-order chi connectivity index (χ1) is 17.9. The Kier molecular flexibility index (Phi) is 6.17. The summed E-state index contributed by atoms with van der Waals surface area (Å²) in [6, 6.07) is 13.1. The van der Waals surface area contributed by atoms with Crippen LogP contribution < -0.4 is 26.0 Å². The molecule has 0 spiro atoms. The van der Waals surface area contributed by atoms with Crippen LogP contribution >= 0.6 is 11.3 Å². The lowest BCUT2D eigenvalue weighted by Gasteiger charge is -2.16. The molecule has 13 nitrogen and oxygen atoms in total. The highest BCUT2D eigenvalue weighted by Gasteiger charge is 2.28. The number of nitrogens with zero attached hydrogens (tertiary/aromatic N) is 5. The van der Waals surface area contributed by atoms with Crippen LogP contribution in [0.5, 0.6) is 5.75 Å². The van der Waals surface area contributed by atoms with Gasteiger partial charge in [-0.15, -0.1) is 27.2 Å². The third-order valence-corrected chi connectivity index (χ3v) is 6.23. The lowest BCUT2D eigenvalue weighted by Crippen LogP contribution is -2.90. The number of nitrogens with two attached hydrogens (primary N) is 1. The minimum absolute atomic E-state index is 0.00179. The van der Waals surface area contributed by atoms with Crippen molar-refractivity contribution in [1.82, 2.24) is 14.8 Å². The molecule has 0 saturated heterocycles. The van der Waals surface area contributed by atoms with Crippen molar-refractivity contribution in [2.45, 2.75) is 6.92 Å². The maximum atomic E-state index is 13.1. The molecule has 188 valence electrons. The Labute approximate surface area is 212 Å². The fourth-order valence-electron chi connectivity index (χ4n) is 3.58. The Hall–Kier alpha value is -4.95. The van der Waals surface area contributed by atoms with Crippen molar-refractivity contribution in [3.05, 3.63) is 87.2 Å². The molecule has 4 N–H and O–H groups in total. The minimum atomic E-state index is -1.16. The van der Waals surface area contributed by atoms with Gasteiger partial charge in [0.25, 0.3) is 0 Å². The molecule has 14 heteroatoms. The fourth-order valence-corrected chi connectivity index (χ4v) is 4.35. The summed E-state index contributed by atoms with van der Waals surface area (Å²) >= 11 is 1.13. The average molecular weight is 522 g/mol. The largest absolute Gasteiger partial charge is 0.540 e. The number of aromatic amines is 1. The predicted molar refractivity (Wildman–Crippen MR) is 130 cm³/mol. The van der Waals surface area contributed by atoms with Gasteiger partial charge in [-0.2, -0.15) is 9.69 Å². The number of anilines is 1. The lowest BCUT2D eigenvalue weighted by molar-refractivity contribution is -0.890. The van der Waals surface area contributed by atoms with Crippen LogP contribution in [0.15, 0.2) is 74.9 Å². The van der Waals surface area contributed by atoms with E-state index in [0.29, 0.717) is 22.8 Å². The second-order valence-corrected chi connectivity index (χ2v) is 8.53. The van der Waals surface area contributed by atoms with Gasteiger partial charge in [-0.05, 0) is 43.3 Å². The first-order valence-electron chi connectivity index (χ1n) is 10.7. The summed E-state index contributed by atoms with van der Waals surface area (Å²) in [5.41, 5.74) is 2.39. The SMILES string of the molecule is COc1ccc(N2[NH2+]OC([O-])=C2c2csc(-n3[nH]c(C)c(N=Nc4ccccc4C(=O)O)c3=O)n2)cc1. The zero-order valence-corrected chi connectivity index (χ0v) is 20.2. The van der Waals surface area contributed by atoms with Crippen LogP contribution in [0.3, 0.4) is 0 Å². The number of nitrogens with one attached hydrogen (secondary N) is 1. The number of benzene rings is 2. The highest BCUT2D eigenvalue weighted by atomic mass is 32.1. The monoisotopic (exact) mass is 521 g/mol. The molecule has 2 aromatic heterocycles. The van der Waals surface area contributed by atoms with Crippen LogP contribution in [-0.2, 0) is 4.84 Å². The van der Waals surface area contributed by atoms with E-state index in [0.717, 1.165) is 11.3 Å². The van der Waals surface area contributed by atoms with Gasteiger partial charge in [0.2, 0.25) is 5.13 Å². The summed E-state index contributed by atoms with van der Waals surface area (Å²) in [6.45, 7) is 1.63. The van der Waals surface area contributed by atoms with E-state index in [1.807, 2.05) is 0 Å². The molecule has 0 atom stereocenters. The second-order valence-electron chi connectivity index (χ2n) is 7.69. The Balaban J connectivity index is 1.45. The van der Waals surface area contributed by atoms with Gasteiger partial charge in [0.15, 0.2) is 11.4 Å². The normalized spacial score (nSPS) is 13.4. The highest BCUT2D eigenvalue weighted by Crippen LogP contribution is 2.30. The lowest BCUT2D eigenvalue weighted by atomic mass is 10.2. The minimum Gasteiger partial charge on any atom is -0.540 e. The van der Waals surface area contributed by atoms with Crippen LogP contribution in [0.1, 0.15) is 21.7 Å². The molecule has 0 amide bonds. The molecule has 0 saturated carbocycles. The number of carboxylic acids is 1. The molecule has 4 aromatic rings. The van der Waals surface area contributed by atoms with Crippen LogP contribution in [0.25, 0.3) is 10.8 Å². The highest BCUT2D eigenvalue weighted by molar-refractivity contribution is 7.12. The van der Waals surface area contributed by atoms with Gasteiger partial charge in [0, 0.05) is 5.38 Å². The Morgan fingerprint density at radius 2 is 1.97 bits per heavy atom. The number of aromatic nitrogens is 3. The van der Waals surface area contributed by atoms with Crippen LogP contribution in [0.4, 0.5) is 17.1 Å². The molecule has 1 aliphatic heterocycles. The number of methoxy groups -OCH3 is 1. The summed E-state index contributed by atoms with van der Waals surface area (Å²) in [5, 5.41) is 36.1. The van der Waals surface area contributed by atoms with Gasteiger partial charge < -0.3 is 19.8 Å². The molecule has 0 fully saturated rings. The van der Waals surface area contributed by atoms with Crippen molar-refractivity contribution in [3.63, 3.8) is 0 Å². The quantitative estimate of drug-likeness (QED) is 0.244. The molecule has 37 heavy (non-hydrogen) atoms. The number of quaternary nitrogens is 1. The second kappa shape index (κ2) is 9.60. The van der Waals surface area contributed by atoms with E-state index in [2.05, 4.69) is 20.3 Å².